The summed E-state index contributed by atoms with van der Waals surface area (Å²) in [6, 6.07) is 7.76. The third-order valence-electron chi connectivity index (χ3n) is 4.62. The summed E-state index contributed by atoms with van der Waals surface area (Å²) >= 11 is 0. The van der Waals surface area contributed by atoms with Gasteiger partial charge in [-0.25, -0.2) is 0 Å². The predicted molar refractivity (Wildman–Crippen MR) is 104 cm³/mol. The first-order chi connectivity index (χ1) is 11.5. The van der Waals surface area contributed by atoms with Crippen LogP contribution in [-0.4, -0.2) is 35.8 Å². The lowest BCUT2D eigenvalue weighted by atomic mass is 9.85. The largest absolute Gasteiger partial charge is 0.333 e. The third-order valence-corrected chi connectivity index (χ3v) is 4.62. The number of carbonyl (C=O) groups is 2. The van der Waals surface area contributed by atoms with Gasteiger partial charge in [-0.2, -0.15) is 0 Å². The Morgan fingerprint density at radius 3 is 2.64 bits per heavy atom. The number of rotatable bonds is 6. The van der Waals surface area contributed by atoms with Gasteiger partial charge in [0, 0.05) is 24.2 Å². The van der Waals surface area contributed by atoms with E-state index in [9.17, 15) is 9.59 Å². The molecule has 0 aliphatic heterocycles. The van der Waals surface area contributed by atoms with E-state index < -0.39 is 0 Å². The molecule has 140 valence electrons. The van der Waals surface area contributed by atoms with Crippen LogP contribution in [0.3, 0.4) is 0 Å². The Labute approximate surface area is 156 Å². The molecular weight excluding hydrogens is 338 g/mol. The maximum absolute atomic E-state index is 12.8. The standard InChI is InChI=1S/C19H29N3O2.ClH/c1-3-11-22(19(24)15-8-6-9-16(20)12-15)13-18(23)21-17-10-5-4-7-14(17)2;/h4-5,7,10,15-16H,3,6,8-9,11-13,20H2,1-2H3,(H,21,23);1H. The average molecular weight is 368 g/mol. The van der Waals surface area contributed by atoms with E-state index >= 15 is 0 Å². The van der Waals surface area contributed by atoms with Crippen LogP contribution in [0.2, 0.25) is 0 Å². The molecule has 1 aromatic carbocycles. The molecule has 0 spiro atoms. The van der Waals surface area contributed by atoms with E-state index in [2.05, 4.69) is 5.32 Å². The molecule has 1 aromatic rings. The zero-order valence-corrected chi connectivity index (χ0v) is 16.0. The Balaban J connectivity index is 0.00000312. The fourth-order valence-electron chi connectivity index (χ4n) is 3.32. The van der Waals surface area contributed by atoms with E-state index in [1.807, 2.05) is 38.1 Å². The normalized spacial score (nSPS) is 19.6. The molecule has 1 fully saturated rings. The summed E-state index contributed by atoms with van der Waals surface area (Å²) in [5.41, 5.74) is 7.82. The lowest BCUT2D eigenvalue weighted by molar-refractivity contribution is -0.139. The Morgan fingerprint density at radius 2 is 2.00 bits per heavy atom. The average Bonchev–Trinajstić information content (AvgIpc) is 2.56. The minimum absolute atomic E-state index is 0. The lowest BCUT2D eigenvalue weighted by Gasteiger charge is -2.31. The van der Waals surface area contributed by atoms with Crippen LogP contribution in [0, 0.1) is 12.8 Å². The van der Waals surface area contributed by atoms with Crippen LogP contribution in [0.1, 0.15) is 44.6 Å². The van der Waals surface area contributed by atoms with Gasteiger partial charge in [0.25, 0.3) is 0 Å². The highest BCUT2D eigenvalue weighted by Gasteiger charge is 2.29. The topological polar surface area (TPSA) is 75.4 Å². The van der Waals surface area contributed by atoms with Crippen LogP contribution < -0.4 is 11.1 Å². The van der Waals surface area contributed by atoms with Crippen LogP contribution in [0.25, 0.3) is 0 Å². The number of halogens is 1. The van der Waals surface area contributed by atoms with E-state index in [0.717, 1.165) is 43.4 Å². The molecule has 1 aliphatic rings. The summed E-state index contributed by atoms with van der Waals surface area (Å²) in [5, 5.41) is 2.91. The Hall–Kier alpha value is -1.59. The predicted octanol–water partition coefficient (Wildman–Crippen LogP) is 3.11. The lowest BCUT2D eigenvalue weighted by Crippen LogP contribution is -2.44. The molecule has 1 aliphatic carbocycles. The van der Waals surface area contributed by atoms with Crippen molar-refractivity contribution in [3.05, 3.63) is 29.8 Å². The van der Waals surface area contributed by atoms with Crippen LogP contribution in [0.15, 0.2) is 24.3 Å². The van der Waals surface area contributed by atoms with Gasteiger partial charge in [-0.15, -0.1) is 12.4 Å². The highest BCUT2D eigenvalue weighted by Crippen LogP contribution is 2.25. The molecule has 5 nitrogen and oxygen atoms in total. The second-order valence-electron chi connectivity index (χ2n) is 6.75. The number of nitrogens with zero attached hydrogens (tertiary/aromatic N) is 1. The van der Waals surface area contributed by atoms with Crippen molar-refractivity contribution < 1.29 is 9.59 Å². The van der Waals surface area contributed by atoms with Gasteiger partial charge in [0.2, 0.25) is 11.8 Å². The quantitative estimate of drug-likeness (QED) is 0.811. The van der Waals surface area contributed by atoms with Gasteiger partial charge >= 0.3 is 0 Å². The van der Waals surface area contributed by atoms with E-state index in [1.54, 1.807) is 4.90 Å². The number of amides is 2. The molecule has 0 radical (unpaired) electrons. The Bertz CT molecular complexity index is 580. The minimum Gasteiger partial charge on any atom is -0.333 e. The zero-order valence-electron chi connectivity index (χ0n) is 15.2. The highest BCUT2D eigenvalue weighted by molar-refractivity contribution is 5.95. The number of hydrogen-bond donors (Lipinski definition) is 2. The summed E-state index contributed by atoms with van der Waals surface area (Å²) in [5.74, 6) is -0.107. The van der Waals surface area contributed by atoms with Crippen molar-refractivity contribution >= 4 is 29.9 Å². The third kappa shape index (κ3) is 6.33. The number of benzene rings is 1. The van der Waals surface area contributed by atoms with Crippen molar-refractivity contribution in [2.24, 2.45) is 11.7 Å². The molecule has 6 heteroatoms. The van der Waals surface area contributed by atoms with Gasteiger partial charge in [0.05, 0.1) is 6.54 Å². The molecule has 2 rings (SSSR count). The first-order valence-corrected chi connectivity index (χ1v) is 8.91. The molecule has 2 atom stereocenters. The van der Waals surface area contributed by atoms with Crippen molar-refractivity contribution in [2.45, 2.75) is 52.0 Å². The van der Waals surface area contributed by atoms with E-state index in [0.29, 0.717) is 6.54 Å². The number of hydrogen-bond acceptors (Lipinski definition) is 3. The summed E-state index contributed by atoms with van der Waals surface area (Å²) in [7, 11) is 0. The van der Waals surface area contributed by atoms with Gasteiger partial charge in [-0.1, -0.05) is 31.5 Å². The molecule has 0 bridgehead atoms. The fourth-order valence-corrected chi connectivity index (χ4v) is 3.32. The van der Waals surface area contributed by atoms with Crippen molar-refractivity contribution in [3.63, 3.8) is 0 Å². The van der Waals surface area contributed by atoms with Gasteiger partial charge in [-0.3, -0.25) is 9.59 Å². The number of nitrogens with two attached hydrogens (primary N) is 1. The number of aryl methyl sites for hydroxylation is 1. The summed E-state index contributed by atoms with van der Waals surface area (Å²) in [4.78, 5) is 26.8. The molecule has 2 unspecified atom stereocenters. The van der Waals surface area contributed by atoms with E-state index in [4.69, 9.17) is 5.73 Å². The van der Waals surface area contributed by atoms with Gasteiger partial charge in [0.15, 0.2) is 0 Å². The summed E-state index contributed by atoms with van der Waals surface area (Å²) in [6.45, 7) is 4.68. The van der Waals surface area contributed by atoms with Crippen molar-refractivity contribution in [1.29, 1.82) is 0 Å². The van der Waals surface area contributed by atoms with E-state index in [-0.39, 0.29) is 42.7 Å². The SMILES string of the molecule is CCCN(CC(=O)Nc1ccccc1C)C(=O)C1CCCC(N)C1.Cl. The molecular formula is C19H30ClN3O2. The number of carbonyl (C=O) groups excluding carboxylic acids is 2. The van der Waals surface area contributed by atoms with Gasteiger partial charge in [-0.05, 0) is 44.2 Å². The highest BCUT2D eigenvalue weighted by atomic mass is 35.5. The van der Waals surface area contributed by atoms with Crippen LogP contribution in [0.4, 0.5) is 5.69 Å². The summed E-state index contributed by atoms with van der Waals surface area (Å²) in [6.07, 6.45) is 4.44. The minimum atomic E-state index is -0.147. The fraction of sp³-hybridized carbons (Fsp3) is 0.579. The molecule has 25 heavy (non-hydrogen) atoms. The molecule has 0 heterocycles. The van der Waals surface area contributed by atoms with Crippen LogP contribution in [-0.2, 0) is 9.59 Å². The molecule has 3 N–H and O–H groups in total. The molecule has 0 saturated heterocycles. The Morgan fingerprint density at radius 1 is 1.28 bits per heavy atom. The number of anilines is 1. The van der Waals surface area contributed by atoms with Gasteiger partial charge in [0.1, 0.15) is 0 Å². The van der Waals surface area contributed by atoms with Crippen molar-refractivity contribution in [3.8, 4) is 0 Å². The summed E-state index contributed by atoms with van der Waals surface area (Å²) < 4.78 is 0. The van der Waals surface area contributed by atoms with Crippen molar-refractivity contribution in [1.82, 2.24) is 4.90 Å². The van der Waals surface area contributed by atoms with Crippen LogP contribution in [0.5, 0.6) is 0 Å². The second kappa shape index (κ2) is 10.4. The number of para-hydroxylation sites is 1. The van der Waals surface area contributed by atoms with Crippen molar-refractivity contribution in [2.75, 3.05) is 18.4 Å². The monoisotopic (exact) mass is 367 g/mol. The Kier molecular flexibility index (Phi) is 8.93. The molecule has 2 amide bonds. The maximum atomic E-state index is 12.8. The smallest absolute Gasteiger partial charge is 0.244 e. The molecule has 0 aromatic heterocycles. The van der Waals surface area contributed by atoms with Crippen LogP contribution >= 0.6 is 12.4 Å². The van der Waals surface area contributed by atoms with E-state index in [1.165, 1.54) is 0 Å². The second-order valence-corrected chi connectivity index (χ2v) is 6.75. The zero-order chi connectivity index (χ0) is 17.5. The first-order valence-electron chi connectivity index (χ1n) is 8.91. The number of nitrogens with one attached hydrogen (secondary N) is 1. The maximum Gasteiger partial charge on any atom is 0.244 e. The first kappa shape index (κ1) is 21.5. The van der Waals surface area contributed by atoms with Gasteiger partial charge < -0.3 is 16.0 Å². The molecule has 1 saturated carbocycles.